The van der Waals surface area contributed by atoms with Crippen LogP contribution in [0.5, 0.6) is 0 Å². The van der Waals surface area contributed by atoms with Gasteiger partial charge in [-0.2, -0.15) is 18.4 Å². The van der Waals surface area contributed by atoms with Gasteiger partial charge in [0, 0.05) is 5.69 Å². The SMILES string of the molecule is N#Cc1ccc(NC(=O)CC(F)(F)F)cc1. The van der Waals surface area contributed by atoms with Crippen LogP contribution in [-0.2, 0) is 4.79 Å². The van der Waals surface area contributed by atoms with Crippen LogP contribution < -0.4 is 5.32 Å². The number of benzene rings is 1. The maximum Gasteiger partial charge on any atom is 0.397 e. The Morgan fingerprint density at radius 1 is 1.31 bits per heavy atom. The topological polar surface area (TPSA) is 52.9 Å². The number of hydrogen-bond acceptors (Lipinski definition) is 2. The van der Waals surface area contributed by atoms with E-state index in [2.05, 4.69) is 5.32 Å². The molecule has 1 aromatic carbocycles. The Morgan fingerprint density at radius 3 is 2.31 bits per heavy atom. The van der Waals surface area contributed by atoms with E-state index in [0.29, 0.717) is 5.56 Å². The fraction of sp³-hybridized carbons (Fsp3) is 0.200. The minimum Gasteiger partial charge on any atom is -0.326 e. The zero-order valence-electron chi connectivity index (χ0n) is 8.01. The molecule has 0 atom stereocenters. The molecule has 1 N–H and O–H groups in total. The van der Waals surface area contributed by atoms with Crippen LogP contribution >= 0.6 is 0 Å². The molecule has 0 saturated heterocycles. The van der Waals surface area contributed by atoms with Gasteiger partial charge in [0.1, 0.15) is 6.42 Å². The lowest BCUT2D eigenvalue weighted by atomic mass is 10.2. The first kappa shape index (κ1) is 12.0. The molecule has 1 aromatic rings. The number of hydrogen-bond donors (Lipinski definition) is 1. The Kier molecular flexibility index (Phi) is 3.51. The van der Waals surface area contributed by atoms with Crippen LogP contribution in [-0.4, -0.2) is 12.1 Å². The van der Waals surface area contributed by atoms with Crippen molar-refractivity contribution in [3.8, 4) is 6.07 Å². The number of nitriles is 1. The molecule has 1 rings (SSSR count). The number of carbonyl (C=O) groups excluding carboxylic acids is 1. The lowest BCUT2D eigenvalue weighted by Crippen LogP contribution is -2.21. The second-order valence-electron chi connectivity index (χ2n) is 3.03. The number of anilines is 1. The molecule has 0 aliphatic carbocycles. The predicted octanol–water partition coefficient (Wildman–Crippen LogP) is 2.45. The van der Waals surface area contributed by atoms with Gasteiger partial charge in [-0.3, -0.25) is 4.79 Å². The first-order chi connectivity index (χ1) is 7.40. The van der Waals surface area contributed by atoms with Crippen molar-refractivity contribution in [1.82, 2.24) is 0 Å². The standard InChI is InChI=1S/C10H7F3N2O/c11-10(12,13)5-9(16)15-8-3-1-7(6-14)2-4-8/h1-4H,5H2,(H,15,16). The van der Waals surface area contributed by atoms with E-state index in [1.165, 1.54) is 24.3 Å². The summed E-state index contributed by atoms with van der Waals surface area (Å²) in [5.74, 6) is -1.13. The number of nitrogens with one attached hydrogen (secondary N) is 1. The number of nitrogens with zero attached hydrogens (tertiary/aromatic N) is 1. The third-order valence-corrected chi connectivity index (χ3v) is 1.66. The summed E-state index contributed by atoms with van der Waals surface area (Å²) in [5.41, 5.74) is 0.599. The number of halogens is 3. The van der Waals surface area contributed by atoms with Gasteiger partial charge >= 0.3 is 6.18 Å². The minimum atomic E-state index is -4.52. The van der Waals surface area contributed by atoms with Crippen LogP contribution in [0.4, 0.5) is 18.9 Å². The van der Waals surface area contributed by atoms with E-state index in [4.69, 9.17) is 5.26 Å². The smallest absolute Gasteiger partial charge is 0.326 e. The normalized spacial score (nSPS) is 10.6. The molecule has 0 unspecified atom stereocenters. The Hall–Kier alpha value is -2.03. The number of rotatable bonds is 2. The third kappa shape index (κ3) is 4.00. The van der Waals surface area contributed by atoms with Crippen molar-refractivity contribution in [3.05, 3.63) is 29.8 Å². The molecule has 0 aliphatic rings. The van der Waals surface area contributed by atoms with E-state index in [0.717, 1.165) is 0 Å². The van der Waals surface area contributed by atoms with Crippen molar-refractivity contribution in [2.75, 3.05) is 5.32 Å². The molecule has 84 valence electrons. The van der Waals surface area contributed by atoms with Gasteiger partial charge in [0.25, 0.3) is 0 Å². The van der Waals surface area contributed by atoms with E-state index < -0.39 is 18.5 Å². The highest BCUT2D eigenvalue weighted by atomic mass is 19.4. The van der Waals surface area contributed by atoms with Crippen molar-refractivity contribution in [2.45, 2.75) is 12.6 Å². The molecule has 3 nitrogen and oxygen atoms in total. The van der Waals surface area contributed by atoms with Gasteiger partial charge in [-0.15, -0.1) is 0 Å². The molecule has 0 spiro atoms. The molecule has 0 radical (unpaired) electrons. The maximum absolute atomic E-state index is 11.8. The third-order valence-electron chi connectivity index (χ3n) is 1.66. The Balaban J connectivity index is 2.61. The van der Waals surface area contributed by atoms with Crippen LogP contribution in [0.1, 0.15) is 12.0 Å². The average molecular weight is 228 g/mol. The minimum absolute atomic E-state index is 0.230. The fourth-order valence-electron chi connectivity index (χ4n) is 1.02. The van der Waals surface area contributed by atoms with Crippen LogP contribution in [0.3, 0.4) is 0 Å². The predicted molar refractivity (Wildman–Crippen MR) is 50.5 cm³/mol. The highest BCUT2D eigenvalue weighted by molar-refractivity contribution is 5.91. The number of carbonyl (C=O) groups is 1. The Morgan fingerprint density at radius 2 is 1.88 bits per heavy atom. The second kappa shape index (κ2) is 4.66. The number of amides is 1. The number of alkyl halides is 3. The molecule has 16 heavy (non-hydrogen) atoms. The first-order valence-electron chi connectivity index (χ1n) is 4.27. The second-order valence-corrected chi connectivity index (χ2v) is 3.03. The molecule has 0 saturated carbocycles. The monoisotopic (exact) mass is 228 g/mol. The first-order valence-corrected chi connectivity index (χ1v) is 4.27. The quantitative estimate of drug-likeness (QED) is 0.845. The molecular formula is C10H7F3N2O. The summed E-state index contributed by atoms with van der Waals surface area (Å²) >= 11 is 0. The highest BCUT2D eigenvalue weighted by Gasteiger charge is 2.31. The van der Waals surface area contributed by atoms with Gasteiger partial charge in [-0.1, -0.05) is 0 Å². The van der Waals surface area contributed by atoms with Gasteiger partial charge in [-0.25, -0.2) is 0 Å². The molecule has 0 fully saturated rings. The zero-order chi connectivity index (χ0) is 12.2. The lowest BCUT2D eigenvalue weighted by Gasteiger charge is -2.07. The largest absolute Gasteiger partial charge is 0.397 e. The Labute approximate surface area is 89.5 Å². The highest BCUT2D eigenvalue weighted by Crippen LogP contribution is 2.20. The molecule has 0 aliphatic heterocycles. The van der Waals surface area contributed by atoms with Crippen molar-refractivity contribution in [2.24, 2.45) is 0 Å². The van der Waals surface area contributed by atoms with Crippen molar-refractivity contribution < 1.29 is 18.0 Å². The summed E-state index contributed by atoms with van der Waals surface area (Å²) in [7, 11) is 0. The molecule has 1 amide bonds. The van der Waals surface area contributed by atoms with Gasteiger partial charge in [0.05, 0.1) is 11.6 Å². The zero-order valence-corrected chi connectivity index (χ0v) is 8.01. The Bertz CT molecular complexity index is 417. The summed E-state index contributed by atoms with van der Waals surface area (Å²) < 4.78 is 35.5. The van der Waals surface area contributed by atoms with Crippen molar-refractivity contribution >= 4 is 11.6 Å². The summed E-state index contributed by atoms with van der Waals surface area (Å²) in [4.78, 5) is 10.9. The summed E-state index contributed by atoms with van der Waals surface area (Å²) in [5, 5.41) is 10.6. The van der Waals surface area contributed by atoms with Crippen molar-refractivity contribution in [1.29, 1.82) is 5.26 Å². The average Bonchev–Trinajstić information content (AvgIpc) is 2.16. The maximum atomic E-state index is 11.8. The van der Waals surface area contributed by atoms with Gasteiger partial charge in [0.15, 0.2) is 0 Å². The van der Waals surface area contributed by atoms with Crippen LogP contribution in [0, 0.1) is 11.3 Å². The fourth-order valence-corrected chi connectivity index (χ4v) is 1.02. The van der Waals surface area contributed by atoms with E-state index in [9.17, 15) is 18.0 Å². The van der Waals surface area contributed by atoms with E-state index in [-0.39, 0.29) is 5.69 Å². The van der Waals surface area contributed by atoms with Gasteiger partial charge in [0.2, 0.25) is 5.91 Å². The summed E-state index contributed by atoms with van der Waals surface area (Å²) in [6.45, 7) is 0. The van der Waals surface area contributed by atoms with E-state index >= 15 is 0 Å². The molecule has 6 heteroatoms. The van der Waals surface area contributed by atoms with E-state index in [1.54, 1.807) is 0 Å². The van der Waals surface area contributed by atoms with Crippen LogP contribution in [0.2, 0.25) is 0 Å². The molecular weight excluding hydrogens is 221 g/mol. The summed E-state index contributed by atoms with van der Waals surface area (Å²) in [6, 6.07) is 7.40. The summed E-state index contributed by atoms with van der Waals surface area (Å²) in [6.07, 6.45) is -6.04. The van der Waals surface area contributed by atoms with Crippen molar-refractivity contribution in [3.63, 3.8) is 0 Å². The molecule has 0 aromatic heterocycles. The van der Waals surface area contributed by atoms with E-state index in [1.807, 2.05) is 6.07 Å². The van der Waals surface area contributed by atoms with Crippen LogP contribution in [0.15, 0.2) is 24.3 Å². The molecule has 0 heterocycles. The van der Waals surface area contributed by atoms with Gasteiger partial charge < -0.3 is 5.32 Å². The van der Waals surface area contributed by atoms with Gasteiger partial charge in [-0.05, 0) is 24.3 Å². The van der Waals surface area contributed by atoms with Crippen LogP contribution in [0.25, 0.3) is 0 Å². The lowest BCUT2D eigenvalue weighted by molar-refractivity contribution is -0.150. The molecule has 0 bridgehead atoms.